The van der Waals surface area contributed by atoms with Crippen LogP contribution in [0.25, 0.3) is 11.1 Å². The lowest BCUT2D eigenvalue weighted by Crippen LogP contribution is -2.24. The van der Waals surface area contributed by atoms with Gasteiger partial charge in [-0.1, -0.05) is 38.5 Å². The van der Waals surface area contributed by atoms with Crippen molar-refractivity contribution in [2.75, 3.05) is 0 Å². The molecule has 0 atom stereocenters. The van der Waals surface area contributed by atoms with Gasteiger partial charge in [-0.3, -0.25) is 14.8 Å². The first kappa shape index (κ1) is 13.9. The van der Waals surface area contributed by atoms with Gasteiger partial charge < -0.3 is 4.42 Å². The first-order valence-corrected chi connectivity index (χ1v) is 7.43. The quantitative estimate of drug-likeness (QED) is 0.822. The van der Waals surface area contributed by atoms with Gasteiger partial charge in [0.25, 0.3) is 5.56 Å². The Hall–Kier alpha value is -2.11. The molecular weight excluding hydrogens is 272 g/mol. The highest BCUT2D eigenvalue weighted by Crippen LogP contribution is 2.26. The van der Waals surface area contributed by atoms with Crippen molar-refractivity contribution in [3.8, 4) is 0 Å². The summed E-state index contributed by atoms with van der Waals surface area (Å²) >= 11 is 0. The normalized spacial score (nSPS) is 17.0. The van der Waals surface area contributed by atoms with E-state index in [1.807, 2.05) is 0 Å². The summed E-state index contributed by atoms with van der Waals surface area (Å²) in [6.45, 7) is 0. The monoisotopic (exact) mass is 290 g/mol. The van der Waals surface area contributed by atoms with E-state index in [-0.39, 0.29) is 5.71 Å². The first-order chi connectivity index (χ1) is 10.1. The molecule has 1 aliphatic rings. The van der Waals surface area contributed by atoms with Crippen molar-refractivity contribution in [3.63, 3.8) is 0 Å². The molecule has 1 saturated carbocycles. The van der Waals surface area contributed by atoms with Crippen LogP contribution in [0.1, 0.15) is 44.1 Å². The molecule has 2 aromatic rings. The van der Waals surface area contributed by atoms with E-state index in [0.29, 0.717) is 23.3 Å². The van der Waals surface area contributed by atoms with Crippen molar-refractivity contribution in [1.82, 2.24) is 9.97 Å². The maximum Gasteiger partial charge on any atom is 0.337 e. The van der Waals surface area contributed by atoms with Gasteiger partial charge in [-0.05, 0) is 17.9 Å². The molecule has 0 bridgehead atoms. The third-order valence-corrected chi connectivity index (χ3v) is 4.21. The number of aromatic amines is 2. The maximum atomic E-state index is 12.0. The average molecular weight is 290 g/mol. The summed E-state index contributed by atoms with van der Waals surface area (Å²) in [6, 6.07) is 1.38. The Kier molecular flexibility index (Phi) is 3.77. The van der Waals surface area contributed by atoms with Crippen LogP contribution in [-0.4, -0.2) is 9.97 Å². The molecule has 2 heterocycles. The Labute approximate surface area is 120 Å². The van der Waals surface area contributed by atoms with E-state index in [9.17, 15) is 14.4 Å². The zero-order chi connectivity index (χ0) is 14.8. The number of aromatic nitrogens is 2. The zero-order valence-electron chi connectivity index (χ0n) is 11.7. The van der Waals surface area contributed by atoms with E-state index in [4.69, 9.17) is 4.42 Å². The highest BCUT2D eigenvalue weighted by molar-refractivity contribution is 5.75. The molecule has 0 aromatic carbocycles. The number of nitrogens with one attached hydrogen (secondary N) is 2. The lowest BCUT2D eigenvalue weighted by atomic mass is 9.92. The summed E-state index contributed by atoms with van der Waals surface area (Å²) in [6.07, 6.45) is 7.79. The lowest BCUT2D eigenvalue weighted by molar-refractivity contribution is 0.456. The molecule has 2 aromatic heterocycles. The Bertz CT molecular complexity index is 802. The average Bonchev–Trinajstić information content (AvgIpc) is 2.65. The fourth-order valence-electron chi connectivity index (χ4n) is 3.22. The van der Waals surface area contributed by atoms with Crippen LogP contribution in [0, 0.1) is 5.92 Å². The molecule has 6 nitrogen and oxygen atoms in total. The molecule has 0 radical (unpaired) electrons. The highest BCUT2D eigenvalue weighted by atomic mass is 16.4. The topological polar surface area (TPSA) is 95.9 Å². The number of hydrogen-bond donors (Lipinski definition) is 2. The number of hydrogen-bond acceptors (Lipinski definition) is 4. The van der Waals surface area contributed by atoms with E-state index in [1.54, 1.807) is 0 Å². The van der Waals surface area contributed by atoms with Gasteiger partial charge in [0.2, 0.25) is 5.71 Å². The minimum absolute atomic E-state index is 0.0279. The van der Waals surface area contributed by atoms with Crippen molar-refractivity contribution in [2.24, 2.45) is 5.92 Å². The van der Waals surface area contributed by atoms with Crippen LogP contribution in [0.5, 0.6) is 0 Å². The minimum atomic E-state index is -0.665. The molecule has 0 unspecified atom stereocenters. The molecule has 3 rings (SSSR count). The third-order valence-electron chi connectivity index (χ3n) is 4.21. The van der Waals surface area contributed by atoms with Crippen molar-refractivity contribution in [2.45, 2.75) is 44.9 Å². The van der Waals surface area contributed by atoms with E-state index in [0.717, 1.165) is 12.8 Å². The molecule has 0 amide bonds. The predicted octanol–water partition coefficient (Wildman–Crippen LogP) is 1.68. The molecule has 1 aliphatic carbocycles. The second kappa shape index (κ2) is 5.71. The maximum absolute atomic E-state index is 12.0. The van der Waals surface area contributed by atoms with Crippen molar-refractivity contribution in [3.05, 3.63) is 42.9 Å². The molecule has 1 fully saturated rings. The Morgan fingerprint density at radius 1 is 1.05 bits per heavy atom. The van der Waals surface area contributed by atoms with Gasteiger partial charge in [-0.2, -0.15) is 0 Å². The number of H-pyrrole nitrogens is 2. The molecule has 0 saturated heterocycles. The Morgan fingerprint density at radius 3 is 2.48 bits per heavy atom. The van der Waals surface area contributed by atoms with Gasteiger partial charge in [-0.25, -0.2) is 9.59 Å². The van der Waals surface area contributed by atoms with Crippen molar-refractivity contribution >= 4 is 11.1 Å². The van der Waals surface area contributed by atoms with Gasteiger partial charge >= 0.3 is 11.3 Å². The summed E-state index contributed by atoms with van der Waals surface area (Å²) in [5.74, 6) is 0.476. The smallest absolute Gasteiger partial charge is 0.337 e. The summed E-state index contributed by atoms with van der Waals surface area (Å²) in [7, 11) is 0. The fraction of sp³-hybridized carbons (Fsp3) is 0.533. The predicted molar refractivity (Wildman–Crippen MR) is 78.6 cm³/mol. The Balaban J connectivity index is 2.06. The molecular formula is C15H18N2O4. The molecule has 112 valence electrons. The largest absolute Gasteiger partial charge is 0.405 e. The van der Waals surface area contributed by atoms with E-state index < -0.39 is 16.9 Å². The van der Waals surface area contributed by atoms with Crippen LogP contribution in [0.15, 0.2) is 24.9 Å². The third kappa shape index (κ3) is 2.99. The van der Waals surface area contributed by atoms with Crippen LogP contribution < -0.4 is 16.9 Å². The second-order valence-electron chi connectivity index (χ2n) is 5.76. The molecule has 21 heavy (non-hydrogen) atoms. The molecule has 2 N–H and O–H groups in total. The van der Waals surface area contributed by atoms with E-state index >= 15 is 0 Å². The lowest BCUT2D eigenvalue weighted by Gasteiger charge is -2.14. The van der Waals surface area contributed by atoms with Crippen LogP contribution in [0.3, 0.4) is 0 Å². The van der Waals surface area contributed by atoms with E-state index in [1.165, 1.54) is 31.7 Å². The van der Waals surface area contributed by atoms with Crippen LogP contribution in [-0.2, 0) is 6.42 Å². The summed E-state index contributed by atoms with van der Waals surface area (Å²) < 4.78 is 4.95. The van der Waals surface area contributed by atoms with Crippen LogP contribution in [0.2, 0.25) is 0 Å². The minimum Gasteiger partial charge on any atom is -0.405 e. The standard InChI is InChI=1S/C15H18N2O4/c18-11-8-10(7-9-5-3-1-2-4-6-9)12-13(19)16-15(20)17-14(12)21-11/h8-9H,1-7H2,(H2,16,17,19,20). The second-order valence-corrected chi connectivity index (χ2v) is 5.76. The van der Waals surface area contributed by atoms with Crippen LogP contribution >= 0.6 is 0 Å². The van der Waals surface area contributed by atoms with Crippen molar-refractivity contribution < 1.29 is 4.42 Å². The zero-order valence-corrected chi connectivity index (χ0v) is 11.7. The van der Waals surface area contributed by atoms with Gasteiger partial charge in [0.05, 0.1) is 0 Å². The SMILES string of the molecule is O=c1[nH]c(=O)c2c(CC3CCCCCC3)cc(=O)oc2[nH]1. The summed E-state index contributed by atoms with van der Waals surface area (Å²) in [4.78, 5) is 39.5. The van der Waals surface area contributed by atoms with Gasteiger partial charge in [0.15, 0.2) is 0 Å². The summed E-state index contributed by atoms with van der Waals surface area (Å²) in [5, 5.41) is 0.290. The van der Waals surface area contributed by atoms with Crippen molar-refractivity contribution in [1.29, 1.82) is 0 Å². The molecule has 0 aliphatic heterocycles. The van der Waals surface area contributed by atoms with Gasteiger partial charge in [0, 0.05) is 6.07 Å². The number of fused-ring (bicyclic) bond motifs is 1. The molecule has 6 heteroatoms. The van der Waals surface area contributed by atoms with E-state index in [2.05, 4.69) is 9.97 Å². The van der Waals surface area contributed by atoms with Gasteiger partial charge in [0.1, 0.15) is 5.39 Å². The van der Waals surface area contributed by atoms with Gasteiger partial charge in [-0.15, -0.1) is 0 Å². The fourth-order valence-corrected chi connectivity index (χ4v) is 3.22. The Morgan fingerprint density at radius 2 is 1.76 bits per heavy atom. The highest BCUT2D eigenvalue weighted by Gasteiger charge is 2.17. The molecule has 0 spiro atoms. The summed E-state index contributed by atoms with van der Waals surface area (Å²) in [5.41, 5.74) is -1.05. The first-order valence-electron chi connectivity index (χ1n) is 7.43. The number of rotatable bonds is 2. The van der Waals surface area contributed by atoms with Crippen LogP contribution in [0.4, 0.5) is 0 Å².